The molecule has 0 aliphatic rings. The number of hydrogen-bond donors (Lipinski definition) is 0. The average molecular weight is 474 g/mol. The maximum absolute atomic E-state index is 14.4. The zero-order chi connectivity index (χ0) is 19.8. The normalized spacial score (nSPS) is 12.1. The Morgan fingerprint density at radius 2 is 1.96 bits per heavy atom. The number of pyridine rings is 1. The lowest BCUT2D eigenvalue weighted by Gasteiger charge is -2.15. The summed E-state index contributed by atoms with van der Waals surface area (Å²) in [6.07, 6.45) is 3.30. The van der Waals surface area contributed by atoms with Crippen LogP contribution < -0.4 is 0 Å². The molecule has 8 heteroatoms. The smallest absolute Gasteiger partial charge is 0.143 e. The largest absolute Gasteiger partial charge is 0.361 e. The van der Waals surface area contributed by atoms with Gasteiger partial charge >= 0.3 is 0 Å². The first-order chi connectivity index (χ1) is 12.7. The highest BCUT2D eigenvalue weighted by Crippen LogP contribution is 2.39. The van der Waals surface area contributed by atoms with E-state index in [1.165, 1.54) is 0 Å². The topological polar surface area (TPSA) is 27.1 Å². The fraction of sp³-hybridized carbons (Fsp3) is 0.316. The first-order valence-electron chi connectivity index (χ1n) is 8.53. The van der Waals surface area contributed by atoms with Crippen molar-refractivity contribution in [1.29, 1.82) is 0 Å². The van der Waals surface area contributed by atoms with Crippen molar-refractivity contribution in [3.05, 3.63) is 51.7 Å². The summed E-state index contributed by atoms with van der Waals surface area (Å²) in [7, 11) is -1.20. The number of hydrogen-bond acceptors (Lipinski definition) is 2. The number of fused-ring (bicyclic) bond motifs is 1. The van der Waals surface area contributed by atoms with E-state index in [-0.39, 0.29) is 12.3 Å². The van der Waals surface area contributed by atoms with Gasteiger partial charge in [0, 0.05) is 43.6 Å². The van der Waals surface area contributed by atoms with Crippen LogP contribution in [0.2, 0.25) is 30.7 Å². The zero-order valence-corrected chi connectivity index (χ0v) is 18.7. The lowest BCUT2D eigenvalue weighted by atomic mass is 10.1. The van der Waals surface area contributed by atoms with E-state index in [1.54, 1.807) is 17.0 Å². The monoisotopic (exact) mass is 472 g/mol. The lowest BCUT2D eigenvalue weighted by molar-refractivity contribution is 0.0899. The van der Waals surface area contributed by atoms with E-state index in [0.29, 0.717) is 32.7 Å². The molecule has 0 saturated heterocycles. The third-order valence-electron chi connectivity index (χ3n) is 4.22. The molecule has 0 N–H and O–H groups in total. The highest BCUT2D eigenvalue weighted by molar-refractivity contribution is 9.10. The Labute approximate surface area is 171 Å². The number of aromatic nitrogens is 2. The molecule has 0 bridgehead atoms. The summed E-state index contributed by atoms with van der Waals surface area (Å²) in [6, 6.07) is 4.40. The second-order valence-corrected chi connectivity index (χ2v) is 14.5. The van der Waals surface area contributed by atoms with Gasteiger partial charge in [-0.15, -0.1) is 0 Å². The molecule has 0 unspecified atom stereocenters. The first-order valence-corrected chi connectivity index (χ1v) is 13.4. The van der Waals surface area contributed by atoms with Crippen molar-refractivity contribution in [3.8, 4) is 11.1 Å². The summed E-state index contributed by atoms with van der Waals surface area (Å²) >= 11 is 9.81. The predicted octanol–water partition coefficient (Wildman–Crippen LogP) is 6.71. The van der Waals surface area contributed by atoms with Gasteiger partial charge in [-0.25, -0.2) is 13.8 Å². The molecule has 27 heavy (non-hydrogen) atoms. The Balaban J connectivity index is 2.04. The van der Waals surface area contributed by atoms with E-state index in [0.717, 1.165) is 24.2 Å². The van der Waals surface area contributed by atoms with Gasteiger partial charge in [0.25, 0.3) is 0 Å². The maximum atomic E-state index is 14.4. The molecule has 3 aromatic rings. The summed E-state index contributed by atoms with van der Waals surface area (Å²) < 4.78 is 36.3. The molecular weight excluding hydrogens is 454 g/mol. The molecule has 1 aromatic carbocycles. The van der Waals surface area contributed by atoms with Crippen LogP contribution in [-0.2, 0) is 11.5 Å². The molecule has 2 heterocycles. The fourth-order valence-corrected chi connectivity index (χ4v) is 4.03. The summed E-state index contributed by atoms with van der Waals surface area (Å²) in [6.45, 7) is 7.76. The van der Waals surface area contributed by atoms with Crippen LogP contribution in [0, 0.1) is 11.6 Å². The number of ether oxygens (including phenoxy) is 1. The van der Waals surface area contributed by atoms with Gasteiger partial charge in [0.1, 0.15) is 24.0 Å². The van der Waals surface area contributed by atoms with Crippen molar-refractivity contribution in [2.45, 2.75) is 32.4 Å². The highest BCUT2D eigenvalue weighted by Gasteiger charge is 2.20. The fourth-order valence-electron chi connectivity index (χ4n) is 2.74. The number of nitrogens with zero attached hydrogens (tertiary/aromatic N) is 2. The van der Waals surface area contributed by atoms with Crippen LogP contribution in [0.15, 0.2) is 35.1 Å². The third-order valence-corrected chi connectivity index (χ3v) is 7.15. The third kappa shape index (κ3) is 4.59. The van der Waals surface area contributed by atoms with E-state index in [2.05, 4.69) is 40.6 Å². The Hall–Kier alpha value is -1.28. The van der Waals surface area contributed by atoms with Crippen LogP contribution in [0.5, 0.6) is 0 Å². The van der Waals surface area contributed by atoms with E-state index in [4.69, 9.17) is 16.3 Å². The predicted molar refractivity (Wildman–Crippen MR) is 112 cm³/mol. The Kier molecular flexibility index (Phi) is 6.05. The molecule has 0 saturated carbocycles. The summed E-state index contributed by atoms with van der Waals surface area (Å²) in [5.41, 5.74) is 1.19. The summed E-state index contributed by atoms with van der Waals surface area (Å²) in [5.74, 6) is -1.04. The number of benzene rings is 1. The van der Waals surface area contributed by atoms with Crippen LogP contribution >= 0.6 is 27.5 Å². The van der Waals surface area contributed by atoms with Crippen LogP contribution in [0.1, 0.15) is 0 Å². The van der Waals surface area contributed by atoms with Crippen molar-refractivity contribution in [3.63, 3.8) is 0 Å². The summed E-state index contributed by atoms with van der Waals surface area (Å²) in [5, 5.41) is 0.962. The van der Waals surface area contributed by atoms with Gasteiger partial charge in [0.05, 0.1) is 9.50 Å². The van der Waals surface area contributed by atoms with Gasteiger partial charge in [-0.2, -0.15) is 0 Å². The minimum Gasteiger partial charge on any atom is -0.361 e. The molecule has 0 atom stereocenters. The average Bonchev–Trinajstić information content (AvgIpc) is 2.95. The van der Waals surface area contributed by atoms with Crippen molar-refractivity contribution in [2.24, 2.45) is 0 Å². The van der Waals surface area contributed by atoms with E-state index < -0.39 is 19.7 Å². The van der Waals surface area contributed by atoms with Crippen molar-refractivity contribution in [2.75, 3.05) is 6.61 Å². The van der Waals surface area contributed by atoms with Gasteiger partial charge in [-0.05, 0) is 40.2 Å². The molecule has 3 rings (SSSR count). The van der Waals surface area contributed by atoms with Gasteiger partial charge in [-0.1, -0.05) is 31.2 Å². The van der Waals surface area contributed by atoms with Crippen molar-refractivity contribution >= 4 is 46.6 Å². The molecular formula is C19H20BrClF2N2OSi. The van der Waals surface area contributed by atoms with Gasteiger partial charge in [0.2, 0.25) is 0 Å². The van der Waals surface area contributed by atoms with E-state index in [9.17, 15) is 8.78 Å². The van der Waals surface area contributed by atoms with Gasteiger partial charge in [0.15, 0.2) is 0 Å². The highest BCUT2D eigenvalue weighted by atomic mass is 79.9. The van der Waals surface area contributed by atoms with E-state index >= 15 is 0 Å². The molecule has 0 spiro atoms. The SMILES string of the molecule is C[Si](C)(C)CCOCn1cc(-c2cc(F)ccc2F)c2c(Cl)c(Br)cnc21. The van der Waals surface area contributed by atoms with E-state index in [1.807, 2.05) is 0 Å². The minimum atomic E-state index is -1.20. The molecule has 2 aromatic heterocycles. The maximum Gasteiger partial charge on any atom is 0.143 e. The second kappa shape index (κ2) is 7.99. The summed E-state index contributed by atoms with van der Waals surface area (Å²) in [4.78, 5) is 4.41. The van der Waals surface area contributed by atoms with Gasteiger partial charge in [-0.3, -0.25) is 0 Å². The van der Waals surface area contributed by atoms with Crippen LogP contribution in [0.25, 0.3) is 22.2 Å². The quantitative estimate of drug-likeness (QED) is 0.294. The Morgan fingerprint density at radius 3 is 2.67 bits per heavy atom. The molecule has 144 valence electrons. The standard InChI is InChI=1S/C19H20BrClF2N2OSi/c1-27(2,3)7-6-26-11-25-10-14(13-8-12(22)4-5-16(13)23)17-18(21)15(20)9-24-19(17)25/h4-5,8-10H,6-7,11H2,1-3H3. The molecule has 3 nitrogen and oxygen atoms in total. The number of rotatable bonds is 6. The van der Waals surface area contributed by atoms with Crippen LogP contribution in [0.3, 0.4) is 0 Å². The van der Waals surface area contributed by atoms with Crippen LogP contribution in [0.4, 0.5) is 8.78 Å². The number of halogens is 4. The van der Waals surface area contributed by atoms with Crippen molar-refractivity contribution < 1.29 is 13.5 Å². The lowest BCUT2D eigenvalue weighted by Crippen LogP contribution is -2.22. The molecule has 0 aliphatic carbocycles. The molecule has 0 fully saturated rings. The molecule has 0 amide bonds. The Bertz CT molecular complexity index is 988. The first kappa shape index (κ1) is 20.5. The zero-order valence-electron chi connectivity index (χ0n) is 15.3. The molecule has 0 radical (unpaired) electrons. The van der Waals surface area contributed by atoms with Crippen LogP contribution in [-0.4, -0.2) is 24.2 Å². The second-order valence-electron chi connectivity index (χ2n) is 7.60. The Morgan fingerprint density at radius 1 is 1.22 bits per heavy atom. The minimum absolute atomic E-state index is 0.141. The molecule has 0 aliphatic heterocycles. The van der Waals surface area contributed by atoms with Gasteiger partial charge < -0.3 is 9.30 Å². The van der Waals surface area contributed by atoms with Crippen molar-refractivity contribution in [1.82, 2.24) is 9.55 Å².